The van der Waals surface area contributed by atoms with Crippen LogP contribution in [-0.2, 0) is 6.42 Å². The molecule has 1 rings (SSSR count). The summed E-state index contributed by atoms with van der Waals surface area (Å²) in [6.45, 7) is 4.53. The predicted octanol–water partition coefficient (Wildman–Crippen LogP) is 7.18. The predicted molar refractivity (Wildman–Crippen MR) is 96.7 cm³/mol. The Bertz CT molecular complexity index is 375. The maximum absolute atomic E-state index is 2.36. The molecule has 0 unspecified atom stereocenters. The van der Waals surface area contributed by atoms with Crippen LogP contribution in [0.2, 0.25) is 0 Å². The second-order valence-corrected chi connectivity index (χ2v) is 6.16. The second kappa shape index (κ2) is 12.7. The van der Waals surface area contributed by atoms with Gasteiger partial charge in [-0.1, -0.05) is 102 Å². The smallest absolute Gasteiger partial charge is 0.0257 e. The Morgan fingerprint density at radius 2 is 1.52 bits per heavy atom. The lowest BCUT2D eigenvalue weighted by Crippen LogP contribution is -1.87. The second-order valence-electron chi connectivity index (χ2n) is 6.16. The molecule has 0 heteroatoms. The molecule has 0 aliphatic heterocycles. The molecule has 0 heterocycles. The van der Waals surface area contributed by atoms with E-state index in [1.165, 1.54) is 81.8 Å². The minimum absolute atomic E-state index is 1.21. The summed E-state index contributed by atoms with van der Waals surface area (Å²) in [5, 5.41) is 0. The summed E-state index contributed by atoms with van der Waals surface area (Å²) in [4.78, 5) is 0. The molecule has 21 heavy (non-hydrogen) atoms. The Balaban J connectivity index is 2.21. The van der Waals surface area contributed by atoms with Crippen molar-refractivity contribution in [2.45, 2.75) is 84.5 Å². The minimum Gasteiger partial charge on any atom is -0.0839 e. The highest BCUT2D eigenvalue weighted by Crippen LogP contribution is 2.13. The Kier molecular flexibility index (Phi) is 10.9. The summed E-state index contributed by atoms with van der Waals surface area (Å²) in [7, 11) is 0. The van der Waals surface area contributed by atoms with Crippen LogP contribution in [0.5, 0.6) is 0 Å². The van der Waals surface area contributed by atoms with E-state index in [1.807, 2.05) is 0 Å². The summed E-state index contributed by atoms with van der Waals surface area (Å²) in [5.74, 6) is 0. The van der Waals surface area contributed by atoms with E-state index < -0.39 is 0 Å². The maximum atomic E-state index is 2.36. The molecule has 0 aliphatic rings. The van der Waals surface area contributed by atoms with Crippen LogP contribution in [0.25, 0.3) is 6.08 Å². The molecule has 0 nitrogen and oxygen atoms in total. The highest BCUT2D eigenvalue weighted by Gasteiger charge is 1.95. The van der Waals surface area contributed by atoms with Gasteiger partial charge in [0.25, 0.3) is 0 Å². The number of hydrogen-bond acceptors (Lipinski definition) is 0. The van der Waals surface area contributed by atoms with Crippen LogP contribution in [0.4, 0.5) is 0 Å². The van der Waals surface area contributed by atoms with E-state index in [9.17, 15) is 0 Å². The van der Waals surface area contributed by atoms with Gasteiger partial charge in [-0.05, 0) is 30.4 Å². The molecule has 0 fully saturated rings. The van der Waals surface area contributed by atoms with Crippen LogP contribution in [0.1, 0.15) is 89.2 Å². The van der Waals surface area contributed by atoms with Crippen LogP contribution in [-0.4, -0.2) is 0 Å². The van der Waals surface area contributed by atoms with Gasteiger partial charge in [0.15, 0.2) is 0 Å². The lowest BCUT2D eigenvalue weighted by molar-refractivity contribution is 0.589. The first-order chi connectivity index (χ1) is 10.4. The summed E-state index contributed by atoms with van der Waals surface area (Å²) < 4.78 is 0. The summed E-state index contributed by atoms with van der Waals surface area (Å²) in [5.41, 5.74) is 2.87. The van der Waals surface area contributed by atoms with Crippen molar-refractivity contribution in [3.63, 3.8) is 0 Å². The van der Waals surface area contributed by atoms with Gasteiger partial charge in [-0.25, -0.2) is 0 Å². The molecule has 0 aliphatic carbocycles. The van der Waals surface area contributed by atoms with Crippen molar-refractivity contribution >= 4 is 6.08 Å². The van der Waals surface area contributed by atoms with Crippen molar-refractivity contribution < 1.29 is 0 Å². The third-order valence-corrected chi connectivity index (χ3v) is 4.05. The van der Waals surface area contributed by atoms with Gasteiger partial charge in [0, 0.05) is 0 Å². The SMILES string of the molecule is CCCCC=Cc1cccc(CCCCCCCCC)c1. The van der Waals surface area contributed by atoms with E-state index >= 15 is 0 Å². The molecule has 1 aromatic carbocycles. The van der Waals surface area contributed by atoms with Crippen molar-refractivity contribution in [3.05, 3.63) is 41.5 Å². The Labute approximate surface area is 132 Å². The molecule has 0 saturated heterocycles. The van der Waals surface area contributed by atoms with Crippen molar-refractivity contribution in [2.75, 3.05) is 0 Å². The molecule has 0 bridgehead atoms. The molecular weight excluding hydrogens is 252 g/mol. The van der Waals surface area contributed by atoms with Crippen LogP contribution < -0.4 is 0 Å². The van der Waals surface area contributed by atoms with Crippen molar-refractivity contribution in [3.8, 4) is 0 Å². The number of aryl methyl sites for hydroxylation is 1. The molecule has 118 valence electrons. The molecule has 0 N–H and O–H groups in total. The first-order valence-electron chi connectivity index (χ1n) is 9.12. The summed E-state index contributed by atoms with van der Waals surface area (Å²) in [6.07, 6.45) is 19.4. The van der Waals surface area contributed by atoms with Gasteiger partial charge < -0.3 is 0 Å². The Hall–Kier alpha value is -1.04. The maximum Gasteiger partial charge on any atom is -0.0257 e. The van der Waals surface area contributed by atoms with Gasteiger partial charge in [0.05, 0.1) is 0 Å². The fraction of sp³-hybridized carbons (Fsp3) is 0.619. The Morgan fingerprint density at radius 1 is 0.810 bits per heavy atom. The monoisotopic (exact) mass is 286 g/mol. The number of hydrogen-bond donors (Lipinski definition) is 0. The highest BCUT2D eigenvalue weighted by atomic mass is 14.0. The number of benzene rings is 1. The molecule has 0 atom stereocenters. The van der Waals surface area contributed by atoms with Crippen molar-refractivity contribution in [1.82, 2.24) is 0 Å². The van der Waals surface area contributed by atoms with E-state index in [0.29, 0.717) is 0 Å². The van der Waals surface area contributed by atoms with Crippen molar-refractivity contribution in [2.24, 2.45) is 0 Å². The van der Waals surface area contributed by atoms with E-state index in [2.05, 4.69) is 50.3 Å². The van der Waals surface area contributed by atoms with E-state index in [0.717, 1.165) is 0 Å². The van der Waals surface area contributed by atoms with Crippen LogP contribution in [0, 0.1) is 0 Å². The molecule has 0 radical (unpaired) electrons. The zero-order valence-corrected chi connectivity index (χ0v) is 14.2. The standard InChI is InChI=1S/C21H34/c1-3-5-7-9-10-11-13-16-21-18-14-17-20(19-21)15-12-8-6-4-2/h12,14-15,17-19H,3-11,13,16H2,1-2H3. The molecule has 0 spiro atoms. The average molecular weight is 287 g/mol. The zero-order chi connectivity index (χ0) is 15.2. The minimum atomic E-state index is 1.21. The van der Waals surface area contributed by atoms with E-state index in [4.69, 9.17) is 0 Å². The van der Waals surface area contributed by atoms with Gasteiger partial charge in [-0.3, -0.25) is 0 Å². The fourth-order valence-electron chi connectivity index (χ4n) is 2.68. The lowest BCUT2D eigenvalue weighted by Gasteiger charge is -2.04. The molecule has 0 amide bonds. The first kappa shape index (κ1) is 18.0. The van der Waals surface area contributed by atoms with Crippen molar-refractivity contribution in [1.29, 1.82) is 0 Å². The first-order valence-corrected chi connectivity index (χ1v) is 9.12. The van der Waals surface area contributed by atoms with Crippen LogP contribution in [0.3, 0.4) is 0 Å². The number of allylic oxidation sites excluding steroid dienone is 1. The topological polar surface area (TPSA) is 0 Å². The highest BCUT2D eigenvalue weighted by molar-refractivity contribution is 5.50. The summed E-state index contributed by atoms with van der Waals surface area (Å²) in [6, 6.07) is 9.06. The molecule has 0 aromatic heterocycles. The van der Waals surface area contributed by atoms with Crippen LogP contribution in [0.15, 0.2) is 30.3 Å². The third kappa shape index (κ3) is 9.50. The molecular formula is C21H34. The summed E-state index contributed by atoms with van der Waals surface area (Å²) >= 11 is 0. The fourth-order valence-corrected chi connectivity index (χ4v) is 2.68. The normalized spacial score (nSPS) is 11.3. The molecule has 1 aromatic rings. The van der Waals surface area contributed by atoms with Crippen LogP contribution >= 0.6 is 0 Å². The Morgan fingerprint density at radius 3 is 2.29 bits per heavy atom. The van der Waals surface area contributed by atoms with Gasteiger partial charge in [-0.2, -0.15) is 0 Å². The molecule has 0 saturated carbocycles. The average Bonchev–Trinajstić information content (AvgIpc) is 2.51. The van der Waals surface area contributed by atoms with E-state index in [-0.39, 0.29) is 0 Å². The quantitative estimate of drug-likeness (QED) is 0.357. The van der Waals surface area contributed by atoms with Gasteiger partial charge in [0.1, 0.15) is 0 Å². The van der Waals surface area contributed by atoms with Gasteiger partial charge in [0.2, 0.25) is 0 Å². The zero-order valence-electron chi connectivity index (χ0n) is 14.2. The van der Waals surface area contributed by atoms with Gasteiger partial charge >= 0.3 is 0 Å². The van der Waals surface area contributed by atoms with Gasteiger partial charge in [-0.15, -0.1) is 0 Å². The number of unbranched alkanes of at least 4 members (excludes halogenated alkanes) is 8. The van der Waals surface area contributed by atoms with E-state index in [1.54, 1.807) is 0 Å². The lowest BCUT2D eigenvalue weighted by atomic mass is 10.0. The number of rotatable bonds is 12. The largest absolute Gasteiger partial charge is 0.0839 e. The third-order valence-electron chi connectivity index (χ3n) is 4.05.